The van der Waals surface area contributed by atoms with Crippen molar-refractivity contribution < 1.29 is 23.1 Å². The van der Waals surface area contributed by atoms with E-state index >= 15 is 0 Å². The first-order valence-electron chi connectivity index (χ1n) is 5.90. The van der Waals surface area contributed by atoms with Crippen LogP contribution in [0.4, 0.5) is 13.2 Å². The highest BCUT2D eigenvalue weighted by atomic mass is 19.4. The number of carbonyl (C=O) groups excluding carboxylic acids is 1. The van der Waals surface area contributed by atoms with Crippen molar-refractivity contribution >= 4 is 5.91 Å². The van der Waals surface area contributed by atoms with Crippen LogP contribution >= 0.6 is 0 Å². The maximum Gasteiger partial charge on any atom is 0.392 e. The molecule has 0 bridgehead atoms. The third kappa shape index (κ3) is 6.38. The van der Waals surface area contributed by atoms with Crippen molar-refractivity contribution in [3.05, 3.63) is 49.1 Å². The molecule has 0 fully saturated rings. The summed E-state index contributed by atoms with van der Waals surface area (Å²) in [6.45, 7) is 10.0. The van der Waals surface area contributed by atoms with Crippen LogP contribution < -0.4 is 5.73 Å². The summed E-state index contributed by atoms with van der Waals surface area (Å²) < 4.78 is 36.7. The first kappa shape index (κ1) is 20.5. The molecule has 0 aliphatic carbocycles. The zero-order valence-electron chi connectivity index (χ0n) is 11.6. The van der Waals surface area contributed by atoms with Crippen molar-refractivity contribution in [2.75, 3.05) is 0 Å². The van der Waals surface area contributed by atoms with E-state index in [9.17, 15) is 23.1 Å². The Morgan fingerprint density at radius 2 is 1.60 bits per heavy atom. The summed E-state index contributed by atoms with van der Waals surface area (Å²) in [6.07, 6.45) is -6.38. The molecule has 6 heteroatoms. The van der Waals surface area contributed by atoms with Crippen molar-refractivity contribution in [2.45, 2.75) is 32.0 Å². The number of carbonyl (C=O) groups is 1. The predicted molar refractivity (Wildman–Crippen MR) is 72.8 cm³/mol. The highest BCUT2D eigenvalue weighted by molar-refractivity contribution is 5.84. The average Bonchev–Trinajstić information content (AvgIpc) is 2.42. The van der Waals surface area contributed by atoms with Crippen LogP contribution in [0.5, 0.6) is 0 Å². The van der Waals surface area contributed by atoms with Gasteiger partial charge in [-0.15, -0.1) is 13.2 Å². The summed E-state index contributed by atoms with van der Waals surface area (Å²) in [5, 5.41) is 9.70. The largest absolute Gasteiger partial charge is 0.392 e. The Labute approximate surface area is 116 Å². The monoisotopic (exact) mass is 291 g/mol. The average molecular weight is 291 g/mol. The van der Waals surface area contributed by atoms with Gasteiger partial charge >= 0.3 is 6.18 Å². The number of primary amides is 1. The van der Waals surface area contributed by atoms with Gasteiger partial charge in [-0.3, -0.25) is 4.79 Å². The minimum absolute atomic E-state index is 0.167. The molecule has 0 heterocycles. The molecule has 114 valence electrons. The Hall–Kier alpha value is -1.82. The Bertz CT molecular complexity index is 393. The fourth-order valence-electron chi connectivity index (χ4n) is 1.34. The van der Waals surface area contributed by atoms with Crippen molar-refractivity contribution in [2.24, 2.45) is 5.73 Å². The Balaban J connectivity index is 0. The highest BCUT2D eigenvalue weighted by Gasteiger charge is 2.46. The molecular formula is C14H20F3NO2. The first-order chi connectivity index (χ1) is 9.26. The van der Waals surface area contributed by atoms with Gasteiger partial charge in [0.25, 0.3) is 5.91 Å². The van der Waals surface area contributed by atoms with Gasteiger partial charge in [-0.1, -0.05) is 44.2 Å². The molecule has 0 saturated heterocycles. The van der Waals surface area contributed by atoms with E-state index in [0.717, 1.165) is 0 Å². The molecule has 20 heavy (non-hydrogen) atoms. The van der Waals surface area contributed by atoms with Crippen LogP contribution in [0.3, 0.4) is 0 Å². The topological polar surface area (TPSA) is 63.3 Å². The van der Waals surface area contributed by atoms with Crippen LogP contribution in [0.25, 0.3) is 0 Å². The lowest BCUT2D eigenvalue weighted by Gasteiger charge is -2.26. The number of halogens is 3. The van der Waals surface area contributed by atoms with Crippen LogP contribution in [0.2, 0.25) is 0 Å². The number of amides is 1. The van der Waals surface area contributed by atoms with Gasteiger partial charge in [0, 0.05) is 0 Å². The number of hydrogen-bond acceptors (Lipinski definition) is 2. The third-order valence-electron chi connectivity index (χ3n) is 2.12. The van der Waals surface area contributed by atoms with E-state index in [-0.39, 0.29) is 5.56 Å². The van der Waals surface area contributed by atoms with Crippen molar-refractivity contribution in [1.82, 2.24) is 0 Å². The lowest BCUT2D eigenvalue weighted by atomic mass is 9.89. The van der Waals surface area contributed by atoms with E-state index in [2.05, 4.69) is 13.2 Å². The molecule has 0 spiro atoms. The van der Waals surface area contributed by atoms with E-state index in [4.69, 9.17) is 5.73 Å². The molecule has 3 N–H and O–H groups in total. The molecule has 0 aromatic heterocycles. The van der Waals surface area contributed by atoms with E-state index in [1.165, 1.54) is 24.3 Å². The van der Waals surface area contributed by atoms with Gasteiger partial charge < -0.3 is 10.8 Å². The second kappa shape index (κ2) is 9.14. The number of benzene rings is 1. The molecule has 0 aliphatic heterocycles. The lowest BCUT2D eigenvalue weighted by molar-refractivity contribution is -0.185. The minimum Gasteiger partial charge on any atom is -0.375 e. The summed E-state index contributed by atoms with van der Waals surface area (Å²) >= 11 is 0. The van der Waals surface area contributed by atoms with Gasteiger partial charge in [0.2, 0.25) is 0 Å². The highest BCUT2D eigenvalue weighted by Crippen LogP contribution is 2.34. The van der Waals surface area contributed by atoms with Gasteiger partial charge in [-0.25, -0.2) is 0 Å². The van der Waals surface area contributed by atoms with Crippen LogP contribution in [-0.4, -0.2) is 17.2 Å². The van der Waals surface area contributed by atoms with Gasteiger partial charge in [0.1, 0.15) is 0 Å². The Kier molecular flexibility index (Phi) is 9.37. The maximum atomic E-state index is 12.2. The number of hydrogen-bond donors (Lipinski definition) is 2. The second-order valence-corrected chi connectivity index (χ2v) is 3.38. The summed E-state index contributed by atoms with van der Waals surface area (Å²) in [4.78, 5) is 11.0. The van der Waals surface area contributed by atoms with Crippen LogP contribution in [0, 0.1) is 0 Å². The van der Waals surface area contributed by atoms with Crippen molar-refractivity contribution in [3.8, 4) is 0 Å². The van der Waals surface area contributed by atoms with E-state index < -0.39 is 24.1 Å². The Morgan fingerprint density at radius 1 is 1.20 bits per heavy atom. The number of rotatable bonds is 3. The minimum atomic E-state index is -4.68. The van der Waals surface area contributed by atoms with Gasteiger partial charge in [-0.2, -0.15) is 13.2 Å². The molecule has 1 aromatic carbocycles. The summed E-state index contributed by atoms with van der Waals surface area (Å²) in [6, 6.07) is 6.82. The van der Waals surface area contributed by atoms with E-state index in [0.29, 0.717) is 0 Å². The molecule has 0 radical (unpaired) electrons. The number of alkyl halides is 3. The quantitative estimate of drug-likeness (QED) is 0.840. The molecule has 0 aliphatic rings. The first-order valence-corrected chi connectivity index (χ1v) is 5.90. The molecule has 1 rings (SSSR count). The zero-order valence-corrected chi connectivity index (χ0v) is 11.6. The molecule has 1 amide bonds. The Morgan fingerprint density at radius 3 is 1.90 bits per heavy atom. The van der Waals surface area contributed by atoms with Crippen molar-refractivity contribution in [1.29, 1.82) is 0 Å². The molecule has 3 nitrogen and oxygen atoms in total. The maximum absolute atomic E-state index is 12.2. The standard InChI is InChI=1S/C10H10F3NO2.C2H6.C2H4/c11-10(12,13)6-9(16,8(14)15)7-4-2-1-3-5-7;2*1-2/h1-5,16H,6H2,(H2,14,15);1-2H3;1-2H2. The molecule has 1 atom stereocenters. The smallest absolute Gasteiger partial charge is 0.375 e. The second-order valence-electron chi connectivity index (χ2n) is 3.38. The van der Waals surface area contributed by atoms with Gasteiger partial charge in [0.15, 0.2) is 5.60 Å². The number of aliphatic hydroxyl groups is 1. The molecule has 0 saturated carbocycles. The lowest BCUT2D eigenvalue weighted by Crippen LogP contribution is -2.44. The fraction of sp³-hybridized carbons (Fsp3) is 0.357. The van der Waals surface area contributed by atoms with Crippen LogP contribution in [-0.2, 0) is 10.4 Å². The predicted octanol–water partition coefficient (Wildman–Crippen LogP) is 3.14. The summed E-state index contributed by atoms with van der Waals surface area (Å²) in [7, 11) is 0. The molecule has 1 unspecified atom stereocenters. The molecule has 1 aromatic rings. The van der Waals surface area contributed by atoms with E-state index in [1.54, 1.807) is 6.07 Å². The van der Waals surface area contributed by atoms with Crippen LogP contribution in [0.15, 0.2) is 43.5 Å². The summed E-state index contributed by atoms with van der Waals surface area (Å²) in [5.41, 5.74) is 1.95. The normalized spacial score (nSPS) is 12.9. The van der Waals surface area contributed by atoms with Crippen molar-refractivity contribution in [3.63, 3.8) is 0 Å². The molecular weight excluding hydrogens is 271 g/mol. The zero-order chi connectivity index (χ0) is 16.4. The van der Waals surface area contributed by atoms with Crippen LogP contribution in [0.1, 0.15) is 25.8 Å². The fourth-order valence-corrected chi connectivity index (χ4v) is 1.34. The van der Waals surface area contributed by atoms with E-state index in [1.807, 2.05) is 13.8 Å². The van der Waals surface area contributed by atoms with Gasteiger partial charge in [0.05, 0.1) is 6.42 Å². The van der Waals surface area contributed by atoms with Gasteiger partial charge in [-0.05, 0) is 5.56 Å². The SMILES string of the molecule is C=C.CC.NC(=O)C(O)(CC(F)(F)F)c1ccccc1. The number of nitrogens with two attached hydrogens (primary N) is 1. The third-order valence-corrected chi connectivity index (χ3v) is 2.12. The summed E-state index contributed by atoms with van der Waals surface area (Å²) in [5.74, 6) is -1.42.